The minimum atomic E-state index is 0.0379. The second-order valence-electron chi connectivity index (χ2n) is 9.35. The third-order valence-corrected chi connectivity index (χ3v) is 7.71. The van der Waals surface area contributed by atoms with Crippen LogP contribution in [0.4, 0.5) is 0 Å². The Kier molecular flexibility index (Phi) is 7.21. The molecular weight excluding hydrogens is 478 g/mol. The Bertz CT molecular complexity index is 1290. The maximum absolute atomic E-state index is 13.3. The molecule has 190 valence electrons. The van der Waals surface area contributed by atoms with Crippen molar-refractivity contribution in [2.75, 3.05) is 47.5 Å². The van der Waals surface area contributed by atoms with Crippen LogP contribution in [0.3, 0.4) is 0 Å². The van der Waals surface area contributed by atoms with E-state index in [2.05, 4.69) is 4.90 Å². The first-order valence-electron chi connectivity index (χ1n) is 12.4. The lowest BCUT2D eigenvalue weighted by molar-refractivity contribution is 0.0627. The van der Waals surface area contributed by atoms with Gasteiger partial charge in [0.2, 0.25) is 5.75 Å². The highest BCUT2D eigenvalue weighted by atomic mass is 35.5. The second kappa shape index (κ2) is 10.5. The molecule has 0 atom stereocenters. The van der Waals surface area contributed by atoms with E-state index in [4.69, 9.17) is 30.8 Å². The number of ether oxygens (including phenoxy) is 3. The molecule has 0 saturated carbocycles. The second-order valence-corrected chi connectivity index (χ2v) is 9.73. The van der Waals surface area contributed by atoms with Gasteiger partial charge in [-0.2, -0.15) is 0 Å². The van der Waals surface area contributed by atoms with Gasteiger partial charge in [-0.1, -0.05) is 23.7 Å². The Labute approximate surface area is 216 Å². The lowest BCUT2D eigenvalue weighted by Crippen LogP contribution is -2.48. The third-order valence-electron chi connectivity index (χ3n) is 7.28. The fourth-order valence-corrected chi connectivity index (χ4v) is 5.68. The minimum Gasteiger partial charge on any atom is -0.493 e. The summed E-state index contributed by atoms with van der Waals surface area (Å²) in [7, 11) is 4.86. The summed E-state index contributed by atoms with van der Waals surface area (Å²) in [5.41, 5.74) is 4.76. The van der Waals surface area contributed by atoms with E-state index in [0.29, 0.717) is 42.4 Å². The number of aromatic nitrogens is 1. The fourth-order valence-electron chi connectivity index (χ4n) is 5.32. The molecule has 2 aliphatic rings. The Hall–Kier alpha value is -3.03. The van der Waals surface area contributed by atoms with Crippen molar-refractivity contribution in [1.82, 2.24) is 14.8 Å². The van der Waals surface area contributed by atoms with E-state index in [-0.39, 0.29) is 5.91 Å². The quantitative estimate of drug-likeness (QED) is 0.478. The van der Waals surface area contributed by atoms with Gasteiger partial charge in [0.15, 0.2) is 11.5 Å². The first-order chi connectivity index (χ1) is 17.5. The number of fused-ring (bicyclic) bond motifs is 2. The smallest absolute Gasteiger partial charge is 0.254 e. The number of halogens is 1. The largest absolute Gasteiger partial charge is 0.493 e. The third kappa shape index (κ3) is 4.58. The fraction of sp³-hybridized carbons (Fsp3) is 0.429. The van der Waals surface area contributed by atoms with Crippen LogP contribution in [0.5, 0.6) is 17.2 Å². The molecular formula is C28H32ClN3O4. The number of amides is 1. The average Bonchev–Trinajstić information content (AvgIpc) is 2.92. The summed E-state index contributed by atoms with van der Waals surface area (Å²) < 4.78 is 16.5. The summed E-state index contributed by atoms with van der Waals surface area (Å²) in [5, 5.41) is 1.73. The Morgan fingerprint density at radius 3 is 2.42 bits per heavy atom. The number of piperazine rings is 1. The normalized spacial score (nSPS) is 16.1. The number of benzene rings is 2. The van der Waals surface area contributed by atoms with E-state index in [1.165, 1.54) is 5.56 Å². The molecule has 0 bridgehead atoms. The van der Waals surface area contributed by atoms with Crippen LogP contribution in [-0.4, -0.2) is 68.2 Å². The summed E-state index contributed by atoms with van der Waals surface area (Å²) in [6.45, 7) is 3.56. The van der Waals surface area contributed by atoms with E-state index >= 15 is 0 Å². The molecule has 1 saturated heterocycles. The number of carbonyl (C=O) groups excluding carboxylic acids is 1. The van der Waals surface area contributed by atoms with Crippen LogP contribution in [0.15, 0.2) is 30.3 Å². The summed E-state index contributed by atoms with van der Waals surface area (Å²) in [4.78, 5) is 22.4. The molecule has 1 aliphatic carbocycles. The zero-order chi connectivity index (χ0) is 25.2. The number of hydrogen-bond donors (Lipinski definition) is 0. The number of carbonyl (C=O) groups is 1. The lowest BCUT2D eigenvalue weighted by atomic mass is 9.94. The molecule has 2 aromatic carbocycles. The summed E-state index contributed by atoms with van der Waals surface area (Å²) in [5.74, 6) is 1.95. The lowest BCUT2D eigenvalue weighted by Gasteiger charge is -2.35. The molecule has 5 rings (SSSR count). The van der Waals surface area contributed by atoms with Crippen LogP contribution in [0.25, 0.3) is 10.9 Å². The molecule has 0 unspecified atom stereocenters. The summed E-state index contributed by atoms with van der Waals surface area (Å²) >= 11 is 6.72. The first kappa shape index (κ1) is 24.7. The van der Waals surface area contributed by atoms with E-state index < -0.39 is 0 Å². The highest BCUT2D eigenvalue weighted by Gasteiger charge is 2.25. The van der Waals surface area contributed by atoms with Gasteiger partial charge >= 0.3 is 0 Å². The average molecular weight is 510 g/mol. The highest BCUT2D eigenvalue weighted by molar-refractivity contribution is 6.36. The SMILES string of the molecule is COc1ccc(CN2CCN(C(=O)c3ccc4c(Cl)c5c(nc4c3)CCCC5)CC2)c(OC)c1OC. The van der Waals surface area contributed by atoms with Crippen LogP contribution in [-0.2, 0) is 19.4 Å². The maximum Gasteiger partial charge on any atom is 0.254 e. The van der Waals surface area contributed by atoms with Gasteiger partial charge in [0.05, 0.1) is 31.9 Å². The molecule has 7 nitrogen and oxygen atoms in total. The van der Waals surface area contributed by atoms with E-state index in [0.717, 1.165) is 66.0 Å². The van der Waals surface area contributed by atoms with Crippen molar-refractivity contribution in [1.29, 1.82) is 0 Å². The van der Waals surface area contributed by atoms with Crippen LogP contribution in [0.1, 0.15) is 40.0 Å². The number of aryl methyl sites for hydroxylation is 1. The molecule has 1 fully saturated rings. The molecule has 1 aromatic heterocycles. The van der Waals surface area contributed by atoms with Gasteiger partial charge in [0.25, 0.3) is 5.91 Å². The monoisotopic (exact) mass is 509 g/mol. The van der Waals surface area contributed by atoms with Crippen molar-refractivity contribution in [3.8, 4) is 17.2 Å². The van der Waals surface area contributed by atoms with Crippen molar-refractivity contribution in [3.63, 3.8) is 0 Å². The van der Waals surface area contributed by atoms with Gasteiger partial charge < -0.3 is 19.1 Å². The van der Waals surface area contributed by atoms with Gasteiger partial charge in [-0.15, -0.1) is 0 Å². The minimum absolute atomic E-state index is 0.0379. The van der Waals surface area contributed by atoms with Crippen LogP contribution >= 0.6 is 11.6 Å². The van der Waals surface area contributed by atoms with Crippen LogP contribution in [0.2, 0.25) is 5.02 Å². The number of methoxy groups -OCH3 is 3. The molecule has 8 heteroatoms. The van der Waals surface area contributed by atoms with Crippen molar-refractivity contribution in [2.24, 2.45) is 0 Å². The summed E-state index contributed by atoms with van der Waals surface area (Å²) in [6, 6.07) is 9.64. The maximum atomic E-state index is 13.3. The van der Waals surface area contributed by atoms with Gasteiger partial charge in [-0.05, 0) is 49.4 Å². The van der Waals surface area contributed by atoms with Gasteiger partial charge in [0, 0.05) is 54.9 Å². The van der Waals surface area contributed by atoms with Crippen LogP contribution < -0.4 is 14.2 Å². The van der Waals surface area contributed by atoms with E-state index in [9.17, 15) is 4.79 Å². The van der Waals surface area contributed by atoms with Crippen LogP contribution in [0, 0.1) is 0 Å². The highest BCUT2D eigenvalue weighted by Crippen LogP contribution is 2.40. The molecule has 1 aliphatic heterocycles. The standard InChI is InChI=1S/C28H32ClN3O4/c1-34-24-11-9-19(26(35-2)27(24)36-3)17-31-12-14-32(15-13-31)28(33)18-8-10-21-23(16-18)30-22-7-5-4-6-20(22)25(21)29/h8-11,16H,4-7,12-15,17H2,1-3H3. The zero-order valence-corrected chi connectivity index (χ0v) is 21.9. The van der Waals surface area contributed by atoms with E-state index in [1.807, 2.05) is 35.2 Å². The Morgan fingerprint density at radius 1 is 0.944 bits per heavy atom. The number of rotatable bonds is 6. The van der Waals surface area contributed by atoms with Gasteiger partial charge in [0.1, 0.15) is 0 Å². The number of hydrogen-bond acceptors (Lipinski definition) is 6. The predicted octanol–water partition coefficient (Wildman–Crippen LogP) is 4.75. The molecule has 2 heterocycles. The molecule has 0 spiro atoms. The van der Waals surface area contributed by atoms with Crippen molar-refractivity contribution in [2.45, 2.75) is 32.2 Å². The molecule has 36 heavy (non-hydrogen) atoms. The van der Waals surface area contributed by atoms with Crippen molar-refractivity contribution in [3.05, 3.63) is 57.7 Å². The molecule has 1 amide bonds. The number of nitrogens with zero attached hydrogens (tertiary/aromatic N) is 3. The van der Waals surface area contributed by atoms with Gasteiger partial charge in [-0.25, -0.2) is 0 Å². The number of pyridine rings is 1. The van der Waals surface area contributed by atoms with Crippen molar-refractivity contribution >= 4 is 28.4 Å². The Balaban J connectivity index is 1.28. The molecule has 0 N–H and O–H groups in total. The summed E-state index contributed by atoms with van der Waals surface area (Å²) in [6.07, 6.45) is 4.23. The van der Waals surface area contributed by atoms with E-state index in [1.54, 1.807) is 21.3 Å². The first-order valence-corrected chi connectivity index (χ1v) is 12.8. The predicted molar refractivity (Wildman–Crippen MR) is 141 cm³/mol. The topological polar surface area (TPSA) is 64.1 Å². The van der Waals surface area contributed by atoms with Crippen molar-refractivity contribution < 1.29 is 19.0 Å². The molecule has 3 aromatic rings. The van der Waals surface area contributed by atoms with Gasteiger partial charge in [-0.3, -0.25) is 14.7 Å². The molecule has 0 radical (unpaired) electrons. The zero-order valence-electron chi connectivity index (χ0n) is 21.1. The Morgan fingerprint density at radius 2 is 1.69 bits per heavy atom.